The van der Waals surface area contributed by atoms with Gasteiger partial charge in [-0.25, -0.2) is 4.79 Å². The van der Waals surface area contributed by atoms with Crippen molar-refractivity contribution >= 4 is 22.2 Å². The minimum atomic E-state index is -5.17. The number of hydrogen-bond acceptors (Lipinski definition) is 5. The van der Waals surface area contributed by atoms with Gasteiger partial charge in [0.05, 0.1) is 5.56 Å². The molecule has 0 aliphatic heterocycles. The van der Waals surface area contributed by atoms with Gasteiger partial charge in [-0.05, 0) is 18.2 Å². The van der Waals surface area contributed by atoms with Gasteiger partial charge in [-0.2, -0.15) is 8.42 Å². The Balaban J connectivity index is 3.14. The molecule has 15 heavy (non-hydrogen) atoms. The van der Waals surface area contributed by atoms with E-state index in [2.05, 4.69) is 4.18 Å². The molecular formula is C7H6FNO5S. The first-order chi connectivity index (χ1) is 6.79. The molecule has 0 heterocycles. The minimum Gasteiger partial charge on any atom is -0.478 e. The lowest BCUT2D eigenvalue weighted by Gasteiger charge is -2.03. The van der Waals surface area contributed by atoms with Crippen molar-refractivity contribution in [1.29, 1.82) is 0 Å². The summed E-state index contributed by atoms with van der Waals surface area (Å²) in [6, 6.07) is 2.96. The molecule has 0 aliphatic rings. The van der Waals surface area contributed by atoms with Crippen molar-refractivity contribution in [3.05, 3.63) is 23.8 Å². The van der Waals surface area contributed by atoms with Crippen molar-refractivity contribution < 1.29 is 26.4 Å². The zero-order valence-electron chi connectivity index (χ0n) is 7.18. The van der Waals surface area contributed by atoms with Gasteiger partial charge in [0.2, 0.25) is 0 Å². The number of carboxylic acid groups (broad SMARTS) is 1. The highest BCUT2D eigenvalue weighted by molar-refractivity contribution is 7.81. The fourth-order valence-corrected chi connectivity index (χ4v) is 1.22. The Morgan fingerprint density at radius 1 is 1.47 bits per heavy atom. The number of carboxylic acids is 1. The van der Waals surface area contributed by atoms with Crippen molar-refractivity contribution in [1.82, 2.24) is 0 Å². The highest BCUT2D eigenvalue weighted by Crippen LogP contribution is 2.21. The Bertz CT molecular complexity index is 498. The largest absolute Gasteiger partial charge is 0.488 e. The monoisotopic (exact) mass is 235 g/mol. The number of benzene rings is 1. The van der Waals surface area contributed by atoms with Gasteiger partial charge in [0.1, 0.15) is 5.75 Å². The molecule has 6 nitrogen and oxygen atoms in total. The van der Waals surface area contributed by atoms with Crippen LogP contribution in [-0.2, 0) is 10.5 Å². The summed E-state index contributed by atoms with van der Waals surface area (Å²) < 4.78 is 36.1. The van der Waals surface area contributed by atoms with Gasteiger partial charge >= 0.3 is 16.5 Å². The maximum Gasteiger partial charge on any atom is 0.488 e. The minimum absolute atomic E-state index is 0.0777. The van der Waals surface area contributed by atoms with E-state index in [1.165, 1.54) is 0 Å². The molecule has 0 unspecified atom stereocenters. The Morgan fingerprint density at radius 3 is 2.53 bits per heavy atom. The highest BCUT2D eigenvalue weighted by atomic mass is 32.3. The van der Waals surface area contributed by atoms with E-state index in [9.17, 15) is 17.1 Å². The summed E-state index contributed by atoms with van der Waals surface area (Å²) >= 11 is 0. The van der Waals surface area contributed by atoms with Crippen LogP contribution < -0.4 is 9.92 Å². The van der Waals surface area contributed by atoms with Gasteiger partial charge < -0.3 is 15.0 Å². The van der Waals surface area contributed by atoms with Crippen molar-refractivity contribution in [3.63, 3.8) is 0 Å². The number of nitrogen functional groups attached to an aromatic ring is 1. The second-order valence-corrected chi connectivity index (χ2v) is 3.48. The van der Waals surface area contributed by atoms with E-state index in [1.54, 1.807) is 0 Å². The third-order valence-corrected chi connectivity index (χ3v) is 1.84. The van der Waals surface area contributed by atoms with E-state index >= 15 is 0 Å². The van der Waals surface area contributed by atoms with Crippen LogP contribution in [0, 0.1) is 0 Å². The Hall–Kier alpha value is -1.83. The Morgan fingerprint density at radius 2 is 2.07 bits per heavy atom. The summed E-state index contributed by atoms with van der Waals surface area (Å²) in [5, 5.41) is 8.61. The van der Waals surface area contributed by atoms with Gasteiger partial charge in [0, 0.05) is 5.69 Å². The first kappa shape index (κ1) is 11.2. The number of anilines is 1. The predicted molar refractivity (Wildman–Crippen MR) is 48.5 cm³/mol. The normalized spacial score (nSPS) is 11.0. The van der Waals surface area contributed by atoms with E-state index in [4.69, 9.17) is 10.8 Å². The summed E-state index contributed by atoms with van der Waals surface area (Å²) in [5.74, 6) is -1.82. The van der Waals surface area contributed by atoms with Crippen LogP contribution in [0.15, 0.2) is 18.2 Å². The van der Waals surface area contributed by atoms with E-state index < -0.39 is 22.2 Å². The summed E-state index contributed by atoms with van der Waals surface area (Å²) in [4.78, 5) is 10.6. The van der Waals surface area contributed by atoms with Crippen LogP contribution >= 0.6 is 0 Å². The summed E-state index contributed by atoms with van der Waals surface area (Å²) in [7, 11) is -5.17. The van der Waals surface area contributed by atoms with Crippen molar-refractivity contribution in [3.8, 4) is 5.75 Å². The fourth-order valence-electron chi connectivity index (χ4n) is 0.887. The third kappa shape index (κ3) is 3.09. The molecule has 0 aromatic heterocycles. The predicted octanol–water partition coefficient (Wildman–Crippen LogP) is 0.560. The lowest BCUT2D eigenvalue weighted by molar-refractivity contribution is 0.0697. The quantitative estimate of drug-likeness (QED) is 0.585. The van der Waals surface area contributed by atoms with Crippen molar-refractivity contribution in [2.24, 2.45) is 0 Å². The van der Waals surface area contributed by atoms with E-state index in [0.29, 0.717) is 0 Å². The molecule has 0 atom stereocenters. The third-order valence-electron chi connectivity index (χ3n) is 1.45. The number of carbonyl (C=O) groups is 1. The van der Waals surface area contributed by atoms with E-state index in [0.717, 1.165) is 18.2 Å². The van der Waals surface area contributed by atoms with Crippen LogP contribution in [0.25, 0.3) is 0 Å². The molecule has 1 rings (SSSR count). The van der Waals surface area contributed by atoms with Crippen molar-refractivity contribution in [2.45, 2.75) is 0 Å². The maximum absolute atomic E-state index is 12.1. The SMILES string of the molecule is Nc1ccc(OS(=O)(=O)F)cc1C(=O)O. The zero-order valence-corrected chi connectivity index (χ0v) is 7.99. The molecule has 0 amide bonds. The average Bonchev–Trinajstić information content (AvgIpc) is 2.05. The molecule has 0 spiro atoms. The number of hydrogen-bond donors (Lipinski definition) is 2. The zero-order chi connectivity index (χ0) is 11.6. The molecule has 0 radical (unpaired) electrons. The average molecular weight is 235 g/mol. The first-order valence-electron chi connectivity index (χ1n) is 3.56. The molecule has 82 valence electrons. The van der Waals surface area contributed by atoms with Crippen molar-refractivity contribution in [2.75, 3.05) is 5.73 Å². The van der Waals surface area contributed by atoms with Gasteiger partial charge in [-0.3, -0.25) is 0 Å². The molecule has 0 saturated carbocycles. The molecular weight excluding hydrogens is 229 g/mol. The second-order valence-electron chi connectivity index (χ2n) is 2.53. The van der Waals surface area contributed by atoms with E-state index in [-0.39, 0.29) is 11.3 Å². The molecule has 3 N–H and O–H groups in total. The molecule has 1 aromatic rings. The smallest absolute Gasteiger partial charge is 0.478 e. The first-order valence-corrected chi connectivity index (χ1v) is 4.87. The molecule has 0 fully saturated rings. The summed E-state index contributed by atoms with van der Waals surface area (Å²) in [6.45, 7) is 0. The van der Waals surface area contributed by atoms with Crippen LogP contribution in [0.2, 0.25) is 0 Å². The Kier molecular flexibility index (Phi) is 2.80. The number of aromatic carboxylic acids is 1. The lowest BCUT2D eigenvalue weighted by atomic mass is 10.2. The maximum atomic E-state index is 12.1. The lowest BCUT2D eigenvalue weighted by Crippen LogP contribution is -2.05. The molecule has 0 saturated heterocycles. The van der Waals surface area contributed by atoms with Crippen LogP contribution in [0.4, 0.5) is 9.57 Å². The number of nitrogens with two attached hydrogens (primary N) is 1. The number of rotatable bonds is 3. The van der Waals surface area contributed by atoms with Crippen LogP contribution in [0.1, 0.15) is 10.4 Å². The molecule has 1 aromatic carbocycles. The van der Waals surface area contributed by atoms with Gasteiger partial charge in [0.15, 0.2) is 0 Å². The second kappa shape index (κ2) is 3.73. The standard InChI is InChI=1S/C7H6FNO5S/c8-15(12,13)14-4-1-2-6(9)5(3-4)7(10)11/h1-3H,9H2,(H,10,11). The van der Waals surface area contributed by atoms with Crippen LogP contribution in [0.5, 0.6) is 5.75 Å². The summed E-state index contributed by atoms with van der Waals surface area (Å²) in [5.41, 5.74) is 4.83. The van der Waals surface area contributed by atoms with Gasteiger partial charge in [-0.1, -0.05) is 3.89 Å². The molecule has 8 heteroatoms. The molecule has 0 bridgehead atoms. The van der Waals surface area contributed by atoms with Crippen LogP contribution in [0.3, 0.4) is 0 Å². The van der Waals surface area contributed by atoms with Crippen LogP contribution in [-0.4, -0.2) is 19.5 Å². The Labute approximate surface area is 84.5 Å². The van der Waals surface area contributed by atoms with Gasteiger partial charge in [-0.15, -0.1) is 0 Å². The topological polar surface area (TPSA) is 107 Å². The number of halogens is 1. The van der Waals surface area contributed by atoms with Gasteiger partial charge in [0.25, 0.3) is 0 Å². The fraction of sp³-hybridized carbons (Fsp3) is 0. The highest BCUT2D eigenvalue weighted by Gasteiger charge is 2.14. The van der Waals surface area contributed by atoms with E-state index in [1.807, 2.05) is 0 Å². The summed E-state index contributed by atoms with van der Waals surface area (Å²) in [6.07, 6.45) is 0. The molecule has 0 aliphatic carbocycles.